The highest BCUT2D eigenvalue weighted by Gasteiger charge is 2.07. The van der Waals surface area contributed by atoms with E-state index >= 15 is 0 Å². The first kappa shape index (κ1) is 11.5. The molecule has 17 heavy (non-hydrogen) atoms. The number of nitrogens with one attached hydrogen (secondary N) is 1. The summed E-state index contributed by atoms with van der Waals surface area (Å²) >= 11 is 0. The van der Waals surface area contributed by atoms with Crippen LogP contribution in [0.15, 0.2) is 48.5 Å². The summed E-state index contributed by atoms with van der Waals surface area (Å²) in [4.78, 5) is 0. The summed E-state index contributed by atoms with van der Waals surface area (Å²) in [6, 6.07) is 15.7. The quantitative estimate of drug-likeness (QED) is 0.834. The van der Waals surface area contributed by atoms with Crippen LogP contribution in [0.1, 0.15) is 24.1 Å². The largest absolute Gasteiger partial charge is 0.508 e. The molecule has 2 rings (SSSR count). The Kier molecular flexibility index (Phi) is 3.33. The van der Waals surface area contributed by atoms with Crippen LogP contribution in [0.2, 0.25) is 0 Å². The fourth-order valence-electron chi connectivity index (χ4n) is 2.00. The maximum absolute atomic E-state index is 9.41. The Morgan fingerprint density at radius 2 is 1.82 bits per heavy atom. The van der Waals surface area contributed by atoms with Gasteiger partial charge in [-0.05, 0) is 37.1 Å². The fourth-order valence-corrected chi connectivity index (χ4v) is 2.00. The van der Waals surface area contributed by atoms with Crippen LogP contribution in [-0.2, 0) is 0 Å². The standard InChI is InChI=1S/C15H17NO/c1-11-6-3-4-9-15(11)12(2)16-13-7-5-8-14(17)10-13/h3-10,12,16-17H,1-2H3. The maximum atomic E-state index is 9.41. The van der Waals surface area contributed by atoms with Gasteiger partial charge in [-0.15, -0.1) is 0 Å². The van der Waals surface area contributed by atoms with E-state index in [1.165, 1.54) is 11.1 Å². The smallest absolute Gasteiger partial charge is 0.117 e. The Morgan fingerprint density at radius 3 is 2.53 bits per heavy atom. The summed E-state index contributed by atoms with van der Waals surface area (Å²) in [6.07, 6.45) is 0. The van der Waals surface area contributed by atoms with E-state index in [-0.39, 0.29) is 11.8 Å². The van der Waals surface area contributed by atoms with Gasteiger partial charge >= 0.3 is 0 Å². The van der Waals surface area contributed by atoms with Gasteiger partial charge in [0.05, 0.1) is 0 Å². The highest BCUT2D eigenvalue weighted by atomic mass is 16.3. The van der Waals surface area contributed by atoms with Crippen molar-refractivity contribution in [2.24, 2.45) is 0 Å². The third-order valence-corrected chi connectivity index (χ3v) is 2.88. The molecule has 88 valence electrons. The van der Waals surface area contributed by atoms with Crippen molar-refractivity contribution in [1.82, 2.24) is 0 Å². The molecule has 0 aromatic heterocycles. The molecule has 2 aromatic rings. The minimum absolute atomic E-state index is 0.220. The van der Waals surface area contributed by atoms with Crippen LogP contribution in [0.3, 0.4) is 0 Å². The molecule has 0 saturated carbocycles. The zero-order valence-electron chi connectivity index (χ0n) is 10.1. The van der Waals surface area contributed by atoms with Gasteiger partial charge in [-0.25, -0.2) is 0 Å². The summed E-state index contributed by atoms with van der Waals surface area (Å²) in [5, 5.41) is 12.8. The first-order valence-corrected chi connectivity index (χ1v) is 5.78. The monoisotopic (exact) mass is 227 g/mol. The maximum Gasteiger partial charge on any atom is 0.117 e. The number of phenolic OH excluding ortho intramolecular Hbond substituents is 1. The van der Waals surface area contributed by atoms with Crippen LogP contribution in [0, 0.1) is 6.92 Å². The van der Waals surface area contributed by atoms with Crippen molar-refractivity contribution in [1.29, 1.82) is 0 Å². The average molecular weight is 227 g/mol. The molecule has 2 heteroatoms. The highest BCUT2D eigenvalue weighted by Crippen LogP contribution is 2.23. The number of phenols is 1. The van der Waals surface area contributed by atoms with E-state index in [4.69, 9.17) is 0 Å². The van der Waals surface area contributed by atoms with Crippen molar-refractivity contribution in [2.75, 3.05) is 5.32 Å². The Balaban J connectivity index is 2.17. The zero-order chi connectivity index (χ0) is 12.3. The molecule has 0 bridgehead atoms. The average Bonchev–Trinajstić information content (AvgIpc) is 2.29. The fraction of sp³-hybridized carbons (Fsp3) is 0.200. The van der Waals surface area contributed by atoms with Gasteiger partial charge in [-0.2, -0.15) is 0 Å². The minimum atomic E-state index is 0.220. The third kappa shape index (κ3) is 2.78. The number of benzene rings is 2. The molecule has 2 N–H and O–H groups in total. The SMILES string of the molecule is Cc1ccccc1C(C)Nc1cccc(O)c1. The first-order chi connectivity index (χ1) is 8.16. The topological polar surface area (TPSA) is 32.3 Å². The van der Waals surface area contributed by atoms with E-state index in [0.717, 1.165) is 5.69 Å². The predicted octanol–water partition coefficient (Wildman–Crippen LogP) is 3.87. The van der Waals surface area contributed by atoms with Gasteiger partial charge < -0.3 is 10.4 Å². The molecule has 0 aliphatic carbocycles. The van der Waals surface area contributed by atoms with Gasteiger partial charge in [0.25, 0.3) is 0 Å². The zero-order valence-corrected chi connectivity index (χ0v) is 10.1. The number of rotatable bonds is 3. The second-order valence-electron chi connectivity index (χ2n) is 4.27. The summed E-state index contributed by atoms with van der Waals surface area (Å²) < 4.78 is 0. The lowest BCUT2D eigenvalue weighted by atomic mass is 10.0. The summed E-state index contributed by atoms with van der Waals surface area (Å²) in [5.41, 5.74) is 3.48. The molecule has 1 atom stereocenters. The second-order valence-corrected chi connectivity index (χ2v) is 4.27. The van der Waals surface area contributed by atoms with Crippen molar-refractivity contribution in [3.05, 3.63) is 59.7 Å². The molecule has 1 unspecified atom stereocenters. The molecule has 0 radical (unpaired) electrons. The van der Waals surface area contributed by atoms with Crippen molar-refractivity contribution in [2.45, 2.75) is 19.9 Å². The van der Waals surface area contributed by atoms with E-state index in [9.17, 15) is 5.11 Å². The van der Waals surface area contributed by atoms with E-state index in [2.05, 4.69) is 31.3 Å². The Morgan fingerprint density at radius 1 is 1.06 bits per heavy atom. The van der Waals surface area contributed by atoms with E-state index in [0.29, 0.717) is 0 Å². The minimum Gasteiger partial charge on any atom is -0.508 e. The molecule has 0 saturated heterocycles. The third-order valence-electron chi connectivity index (χ3n) is 2.88. The summed E-state index contributed by atoms with van der Waals surface area (Å²) in [6.45, 7) is 4.22. The normalized spacial score (nSPS) is 12.1. The molecule has 0 aliphatic rings. The van der Waals surface area contributed by atoms with E-state index < -0.39 is 0 Å². The molecule has 0 spiro atoms. The Labute approximate surface area is 102 Å². The van der Waals surface area contributed by atoms with Crippen molar-refractivity contribution < 1.29 is 5.11 Å². The number of aryl methyl sites for hydroxylation is 1. The second kappa shape index (κ2) is 4.91. The lowest BCUT2D eigenvalue weighted by Gasteiger charge is -2.17. The van der Waals surface area contributed by atoms with Gasteiger partial charge in [0, 0.05) is 17.8 Å². The van der Waals surface area contributed by atoms with Gasteiger partial charge in [-0.3, -0.25) is 0 Å². The van der Waals surface area contributed by atoms with Crippen molar-refractivity contribution >= 4 is 5.69 Å². The van der Waals surface area contributed by atoms with Crippen LogP contribution in [0.25, 0.3) is 0 Å². The van der Waals surface area contributed by atoms with Gasteiger partial charge in [-0.1, -0.05) is 30.3 Å². The van der Waals surface area contributed by atoms with Crippen LogP contribution in [0.4, 0.5) is 5.69 Å². The van der Waals surface area contributed by atoms with E-state index in [1.807, 2.05) is 24.3 Å². The van der Waals surface area contributed by atoms with Crippen LogP contribution >= 0.6 is 0 Å². The summed E-state index contributed by atoms with van der Waals surface area (Å²) in [7, 11) is 0. The molecule has 0 amide bonds. The molecule has 2 nitrogen and oxygen atoms in total. The van der Waals surface area contributed by atoms with E-state index in [1.54, 1.807) is 12.1 Å². The van der Waals surface area contributed by atoms with Crippen molar-refractivity contribution in [3.8, 4) is 5.75 Å². The molecule has 0 heterocycles. The lowest BCUT2D eigenvalue weighted by Crippen LogP contribution is -2.07. The van der Waals surface area contributed by atoms with Gasteiger partial charge in [0.2, 0.25) is 0 Å². The molecular formula is C15H17NO. The molecule has 0 fully saturated rings. The molecular weight excluding hydrogens is 210 g/mol. The Bertz CT molecular complexity index is 508. The van der Waals surface area contributed by atoms with Crippen LogP contribution < -0.4 is 5.32 Å². The number of aromatic hydroxyl groups is 1. The summed E-state index contributed by atoms with van der Waals surface area (Å²) in [5.74, 6) is 0.284. The lowest BCUT2D eigenvalue weighted by molar-refractivity contribution is 0.475. The van der Waals surface area contributed by atoms with Crippen LogP contribution in [-0.4, -0.2) is 5.11 Å². The van der Waals surface area contributed by atoms with Crippen molar-refractivity contribution in [3.63, 3.8) is 0 Å². The van der Waals surface area contributed by atoms with Gasteiger partial charge in [0.15, 0.2) is 0 Å². The van der Waals surface area contributed by atoms with Gasteiger partial charge in [0.1, 0.15) is 5.75 Å². The highest BCUT2D eigenvalue weighted by molar-refractivity contribution is 5.49. The molecule has 2 aromatic carbocycles. The Hall–Kier alpha value is -1.96. The molecule has 0 aliphatic heterocycles. The number of hydrogen-bond acceptors (Lipinski definition) is 2. The number of hydrogen-bond donors (Lipinski definition) is 2. The van der Waals surface area contributed by atoms with Crippen LogP contribution in [0.5, 0.6) is 5.75 Å². The predicted molar refractivity (Wildman–Crippen MR) is 71.3 cm³/mol. The number of anilines is 1. The first-order valence-electron chi connectivity index (χ1n) is 5.78.